The van der Waals surface area contributed by atoms with Crippen molar-refractivity contribution in [1.82, 2.24) is 20.1 Å². The van der Waals surface area contributed by atoms with Crippen LogP contribution in [0.5, 0.6) is 5.75 Å². The van der Waals surface area contributed by atoms with E-state index >= 15 is 0 Å². The van der Waals surface area contributed by atoms with Crippen molar-refractivity contribution in [3.63, 3.8) is 0 Å². The number of phenolic OH excluding ortho intramolecular Hbond substituents is 1. The van der Waals surface area contributed by atoms with Crippen molar-refractivity contribution in [2.75, 3.05) is 6.54 Å². The lowest BCUT2D eigenvalue weighted by Gasteiger charge is -2.28. The molecular formula is C24H20N4O2. The van der Waals surface area contributed by atoms with Crippen LogP contribution in [-0.4, -0.2) is 37.6 Å². The first kappa shape index (κ1) is 18.1. The van der Waals surface area contributed by atoms with Gasteiger partial charge in [0.05, 0.1) is 5.69 Å². The monoisotopic (exact) mass is 396 g/mol. The van der Waals surface area contributed by atoms with Gasteiger partial charge in [-0.2, -0.15) is 0 Å². The minimum atomic E-state index is -0.0383. The average Bonchev–Trinajstić information content (AvgIpc) is 3.21. The summed E-state index contributed by atoms with van der Waals surface area (Å²) < 4.78 is 0. The highest BCUT2D eigenvalue weighted by molar-refractivity contribution is 5.88. The van der Waals surface area contributed by atoms with E-state index in [2.05, 4.69) is 40.0 Å². The van der Waals surface area contributed by atoms with Crippen LogP contribution in [0.25, 0.3) is 33.5 Å². The third kappa shape index (κ3) is 3.12. The van der Waals surface area contributed by atoms with Crippen LogP contribution >= 0.6 is 0 Å². The summed E-state index contributed by atoms with van der Waals surface area (Å²) in [5.41, 5.74) is 6.33. The van der Waals surface area contributed by atoms with Gasteiger partial charge < -0.3 is 15.0 Å². The second kappa shape index (κ2) is 7.15. The summed E-state index contributed by atoms with van der Waals surface area (Å²) in [6, 6.07) is 17.4. The highest BCUT2D eigenvalue weighted by Gasteiger charge is 2.19. The molecule has 6 nitrogen and oxygen atoms in total. The molecule has 0 fully saturated rings. The van der Waals surface area contributed by atoms with Crippen LogP contribution in [0.1, 0.15) is 11.1 Å². The topological polar surface area (TPSA) is 82.1 Å². The third-order valence-corrected chi connectivity index (χ3v) is 5.57. The van der Waals surface area contributed by atoms with E-state index in [1.54, 1.807) is 12.1 Å². The highest BCUT2D eigenvalue weighted by Crippen LogP contribution is 2.31. The molecule has 5 rings (SSSR count). The lowest BCUT2D eigenvalue weighted by molar-refractivity contribution is -0.126. The van der Waals surface area contributed by atoms with E-state index in [4.69, 9.17) is 0 Å². The lowest BCUT2D eigenvalue weighted by atomic mass is 9.96. The Morgan fingerprint density at radius 1 is 1.10 bits per heavy atom. The number of nitrogens with one attached hydrogen (secondary N) is 1. The van der Waals surface area contributed by atoms with Crippen molar-refractivity contribution in [3.05, 3.63) is 78.4 Å². The Morgan fingerprint density at radius 3 is 2.80 bits per heavy atom. The minimum absolute atomic E-state index is 0.0383. The third-order valence-electron chi connectivity index (χ3n) is 5.57. The predicted octanol–water partition coefficient (Wildman–Crippen LogP) is 4.07. The minimum Gasteiger partial charge on any atom is -0.507 e. The molecule has 0 aliphatic carbocycles. The molecule has 148 valence electrons. The van der Waals surface area contributed by atoms with E-state index in [-0.39, 0.29) is 11.7 Å². The molecule has 0 saturated carbocycles. The van der Waals surface area contributed by atoms with Crippen LogP contribution in [0.15, 0.2) is 67.3 Å². The molecule has 1 amide bonds. The number of carbonyl (C=O) groups is 1. The number of benzene rings is 2. The standard InChI is InChI=1S/C24H20N4O2/c1-2-23(30)28-10-9-15-7-8-16(11-18(15)14-28)20-12-17-13-21(26-27-24(17)25-20)19-5-3-4-6-22(19)29/h2-8,11-13,29H,1,9-10,14H2,(H,25,27). The number of aromatic hydroxyl groups is 1. The first-order chi connectivity index (χ1) is 14.6. The van der Waals surface area contributed by atoms with Gasteiger partial charge in [0, 0.05) is 29.7 Å². The first-order valence-corrected chi connectivity index (χ1v) is 9.81. The normalized spacial score (nSPS) is 13.3. The second-order valence-corrected chi connectivity index (χ2v) is 7.43. The molecule has 4 aromatic rings. The Kier molecular flexibility index (Phi) is 4.32. The summed E-state index contributed by atoms with van der Waals surface area (Å²) in [5, 5.41) is 19.6. The fourth-order valence-corrected chi connectivity index (χ4v) is 3.95. The molecule has 2 aromatic heterocycles. The predicted molar refractivity (Wildman–Crippen MR) is 116 cm³/mol. The molecule has 6 heteroatoms. The molecule has 0 unspecified atom stereocenters. The molecule has 1 aliphatic heterocycles. The van der Waals surface area contributed by atoms with Crippen molar-refractivity contribution in [3.8, 4) is 28.3 Å². The zero-order valence-corrected chi connectivity index (χ0v) is 16.3. The van der Waals surface area contributed by atoms with Gasteiger partial charge in [-0.1, -0.05) is 30.8 Å². The van der Waals surface area contributed by atoms with E-state index in [1.165, 1.54) is 11.6 Å². The molecule has 3 heterocycles. The molecule has 0 bridgehead atoms. The Morgan fingerprint density at radius 2 is 1.97 bits per heavy atom. The highest BCUT2D eigenvalue weighted by atomic mass is 16.3. The van der Waals surface area contributed by atoms with Crippen LogP contribution in [0.4, 0.5) is 0 Å². The van der Waals surface area contributed by atoms with Gasteiger partial charge in [0.15, 0.2) is 5.65 Å². The van der Waals surface area contributed by atoms with Crippen molar-refractivity contribution >= 4 is 16.9 Å². The van der Waals surface area contributed by atoms with E-state index in [1.807, 2.05) is 29.2 Å². The zero-order chi connectivity index (χ0) is 20.7. The molecule has 0 spiro atoms. The van der Waals surface area contributed by atoms with E-state index in [9.17, 15) is 9.90 Å². The van der Waals surface area contributed by atoms with Crippen molar-refractivity contribution in [2.24, 2.45) is 0 Å². The van der Waals surface area contributed by atoms with Gasteiger partial charge in [0.2, 0.25) is 5.91 Å². The number of rotatable bonds is 3. The lowest BCUT2D eigenvalue weighted by Crippen LogP contribution is -2.34. The molecule has 1 aliphatic rings. The fraction of sp³-hybridized carbons (Fsp3) is 0.125. The fourth-order valence-electron chi connectivity index (χ4n) is 3.95. The van der Waals surface area contributed by atoms with Gasteiger partial charge in [-0.15, -0.1) is 10.2 Å². The number of para-hydroxylation sites is 1. The maximum Gasteiger partial charge on any atom is 0.246 e. The number of carbonyl (C=O) groups excluding carboxylic acids is 1. The molecular weight excluding hydrogens is 376 g/mol. The van der Waals surface area contributed by atoms with E-state index in [0.29, 0.717) is 30.0 Å². The SMILES string of the molecule is C=CC(=O)N1CCc2ccc(-c3cc4cc(-c5ccccc5O)nnc4[nH]3)cc2C1. The molecule has 0 radical (unpaired) electrons. The molecule has 0 atom stereocenters. The number of nitrogens with zero attached hydrogens (tertiary/aromatic N) is 3. The van der Waals surface area contributed by atoms with Gasteiger partial charge in [0.25, 0.3) is 0 Å². The Bertz CT molecular complexity index is 1290. The Hall–Kier alpha value is -3.93. The molecule has 30 heavy (non-hydrogen) atoms. The van der Waals surface area contributed by atoms with Gasteiger partial charge in [-0.25, -0.2) is 0 Å². The molecule has 0 saturated heterocycles. The van der Waals surface area contributed by atoms with Crippen molar-refractivity contribution in [1.29, 1.82) is 0 Å². The van der Waals surface area contributed by atoms with Gasteiger partial charge in [0.1, 0.15) is 5.75 Å². The van der Waals surface area contributed by atoms with Crippen molar-refractivity contribution in [2.45, 2.75) is 13.0 Å². The maximum atomic E-state index is 12.0. The summed E-state index contributed by atoms with van der Waals surface area (Å²) in [7, 11) is 0. The number of phenols is 1. The summed E-state index contributed by atoms with van der Waals surface area (Å²) in [6.45, 7) is 4.90. The number of H-pyrrole nitrogens is 1. The van der Waals surface area contributed by atoms with Gasteiger partial charge in [-0.05, 0) is 59.5 Å². The average molecular weight is 396 g/mol. The van der Waals surface area contributed by atoms with Gasteiger partial charge >= 0.3 is 0 Å². The summed E-state index contributed by atoms with van der Waals surface area (Å²) in [6.07, 6.45) is 2.21. The maximum absolute atomic E-state index is 12.0. The molecule has 2 N–H and O–H groups in total. The second-order valence-electron chi connectivity index (χ2n) is 7.43. The van der Waals surface area contributed by atoms with E-state index < -0.39 is 0 Å². The summed E-state index contributed by atoms with van der Waals surface area (Å²) in [4.78, 5) is 17.1. The van der Waals surface area contributed by atoms with Crippen LogP contribution in [-0.2, 0) is 17.8 Å². The van der Waals surface area contributed by atoms with Crippen LogP contribution in [0.3, 0.4) is 0 Å². The number of amides is 1. The van der Waals surface area contributed by atoms with Crippen molar-refractivity contribution < 1.29 is 9.90 Å². The number of aromatic amines is 1. The van der Waals surface area contributed by atoms with E-state index in [0.717, 1.165) is 28.6 Å². The summed E-state index contributed by atoms with van der Waals surface area (Å²) in [5.74, 6) is 0.138. The van der Waals surface area contributed by atoms with Gasteiger partial charge in [-0.3, -0.25) is 4.79 Å². The Balaban J connectivity index is 1.50. The number of fused-ring (bicyclic) bond motifs is 2. The van der Waals surface area contributed by atoms with Crippen LogP contribution in [0, 0.1) is 0 Å². The number of hydrogen-bond donors (Lipinski definition) is 2. The smallest absolute Gasteiger partial charge is 0.246 e. The van der Waals surface area contributed by atoms with Crippen LogP contribution in [0.2, 0.25) is 0 Å². The first-order valence-electron chi connectivity index (χ1n) is 9.81. The molecule has 2 aromatic carbocycles. The Labute approximate surface area is 173 Å². The largest absolute Gasteiger partial charge is 0.507 e. The zero-order valence-electron chi connectivity index (χ0n) is 16.3. The van der Waals surface area contributed by atoms with Crippen LogP contribution < -0.4 is 0 Å². The number of hydrogen-bond acceptors (Lipinski definition) is 4. The number of aromatic nitrogens is 3. The quantitative estimate of drug-likeness (QED) is 0.512. The summed E-state index contributed by atoms with van der Waals surface area (Å²) >= 11 is 0.